The van der Waals surface area contributed by atoms with Crippen LogP contribution >= 0.6 is 0 Å². The fourth-order valence-electron chi connectivity index (χ4n) is 1.77. The van der Waals surface area contributed by atoms with Crippen molar-refractivity contribution in [3.05, 3.63) is 49.1 Å². The summed E-state index contributed by atoms with van der Waals surface area (Å²) in [6, 6.07) is 7.56. The fourth-order valence-corrected chi connectivity index (χ4v) is 1.77. The van der Waals surface area contributed by atoms with Gasteiger partial charge in [0.05, 0.1) is 0 Å². The van der Waals surface area contributed by atoms with Crippen molar-refractivity contribution in [1.82, 2.24) is 0 Å². The van der Waals surface area contributed by atoms with Crippen LogP contribution in [0, 0.1) is 0 Å². The first-order chi connectivity index (χ1) is 9.19. The maximum Gasteiger partial charge on any atom is 0.370 e. The lowest BCUT2D eigenvalue weighted by Gasteiger charge is -1.99. The second-order valence-electron chi connectivity index (χ2n) is 4.10. The van der Waals surface area contributed by atoms with Gasteiger partial charge in [0, 0.05) is 24.3 Å². The lowest BCUT2D eigenvalue weighted by atomic mass is 10.1. The molecule has 2 heterocycles. The van der Waals surface area contributed by atoms with E-state index in [1.54, 1.807) is 21.5 Å². The summed E-state index contributed by atoms with van der Waals surface area (Å²) in [5, 5.41) is 8.68. The molecule has 5 nitrogen and oxygen atoms in total. The standard InChI is InChI=1S/C14H13N2O3/c17-10-9-15-5-1-12(2-6-15)13-3-7-16(8-4-13)11-14(18)19/h1-8,10H,9,11H2/q+1/p+1. The highest BCUT2D eigenvalue weighted by atomic mass is 16.4. The van der Waals surface area contributed by atoms with Crippen LogP contribution in [-0.4, -0.2) is 17.4 Å². The van der Waals surface area contributed by atoms with Crippen molar-refractivity contribution in [3.63, 3.8) is 0 Å². The predicted octanol–water partition coefficient (Wildman–Crippen LogP) is 0.212. The van der Waals surface area contributed by atoms with Crippen LogP contribution in [0.25, 0.3) is 11.1 Å². The minimum absolute atomic E-state index is 0.0472. The number of aromatic nitrogens is 2. The Hall–Kier alpha value is -2.56. The number of pyridine rings is 2. The molecule has 19 heavy (non-hydrogen) atoms. The summed E-state index contributed by atoms with van der Waals surface area (Å²) in [5.74, 6) is -0.868. The van der Waals surface area contributed by atoms with E-state index in [1.807, 2.05) is 36.7 Å². The molecule has 0 spiro atoms. The zero-order valence-electron chi connectivity index (χ0n) is 10.3. The summed E-state index contributed by atoms with van der Waals surface area (Å²) in [7, 11) is 0. The molecular formula is C14H14N2O3+2. The lowest BCUT2D eigenvalue weighted by molar-refractivity contribution is -0.685. The van der Waals surface area contributed by atoms with Gasteiger partial charge in [0.25, 0.3) is 0 Å². The van der Waals surface area contributed by atoms with E-state index in [4.69, 9.17) is 5.11 Å². The molecule has 2 rings (SSSR count). The van der Waals surface area contributed by atoms with Crippen molar-refractivity contribution in [2.75, 3.05) is 0 Å². The molecule has 0 amide bonds. The summed E-state index contributed by atoms with van der Waals surface area (Å²) >= 11 is 0. The van der Waals surface area contributed by atoms with Gasteiger partial charge in [-0.15, -0.1) is 0 Å². The van der Waals surface area contributed by atoms with Crippen molar-refractivity contribution in [3.8, 4) is 11.1 Å². The SMILES string of the molecule is O=CC[n+]1ccc(-c2cc[n+](CC(=O)O)cc2)cc1. The molecular weight excluding hydrogens is 244 g/mol. The first-order valence-corrected chi connectivity index (χ1v) is 5.83. The van der Waals surface area contributed by atoms with Gasteiger partial charge in [0.15, 0.2) is 31.1 Å². The van der Waals surface area contributed by atoms with E-state index < -0.39 is 5.97 Å². The third kappa shape index (κ3) is 3.45. The molecule has 0 radical (unpaired) electrons. The summed E-state index contributed by atoms with van der Waals surface area (Å²) in [5.41, 5.74) is 2.02. The Labute approximate surface area is 110 Å². The highest BCUT2D eigenvalue weighted by molar-refractivity contribution is 5.65. The van der Waals surface area contributed by atoms with Crippen LogP contribution in [0.5, 0.6) is 0 Å². The van der Waals surface area contributed by atoms with Crippen molar-refractivity contribution < 1.29 is 23.8 Å². The zero-order valence-corrected chi connectivity index (χ0v) is 10.3. The molecule has 2 aromatic heterocycles. The molecule has 0 bridgehead atoms. The number of rotatable bonds is 5. The Morgan fingerprint density at radius 1 is 1.00 bits per heavy atom. The number of aliphatic carboxylic acids is 1. The average molecular weight is 258 g/mol. The minimum atomic E-state index is -0.868. The molecule has 1 N–H and O–H groups in total. The summed E-state index contributed by atoms with van der Waals surface area (Å²) in [6.45, 7) is 0.294. The molecule has 5 heteroatoms. The van der Waals surface area contributed by atoms with E-state index in [1.165, 1.54) is 0 Å². The molecule has 0 aliphatic heterocycles. The van der Waals surface area contributed by atoms with Gasteiger partial charge < -0.3 is 5.11 Å². The van der Waals surface area contributed by atoms with Crippen LogP contribution in [0.4, 0.5) is 0 Å². The Bertz CT molecular complexity index is 577. The van der Waals surface area contributed by atoms with E-state index in [-0.39, 0.29) is 6.54 Å². The van der Waals surface area contributed by atoms with E-state index in [0.29, 0.717) is 6.54 Å². The van der Waals surface area contributed by atoms with Crippen LogP contribution < -0.4 is 9.13 Å². The molecule has 0 aromatic carbocycles. The molecule has 0 aliphatic rings. The van der Waals surface area contributed by atoms with Gasteiger partial charge in [-0.05, 0) is 11.1 Å². The molecule has 0 aliphatic carbocycles. The third-order valence-corrected chi connectivity index (χ3v) is 2.72. The Balaban J connectivity index is 2.17. The van der Waals surface area contributed by atoms with E-state index in [0.717, 1.165) is 17.4 Å². The topological polar surface area (TPSA) is 62.1 Å². The monoisotopic (exact) mass is 258 g/mol. The van der Waals surface area contributed by atoms with Crippen molar-refractivity contribution in [2.45, 2.75) is 13.1 Å². The number of nitrogens with zero attached hydrogens (tertiary/aromatic N) is 2. The molecule has 0 saturated carbocycles. The molecule has 0 fully saturated rings. The summed E-state index contributed by atoms with van der Waals surface area (Å²) < 4.78 is 3.38. The Morgan fingerprint density at radius 3 is 1.89 bits per heavy atom. The van der Waals surface area contributed by atoms with Gasteiger partial charge in [-0.25, -0.2) is 4.79 Å². The number of hydrogen-bond donors (Lipinski definition) is 1. The van der Waals surface area contributed by atoms with Crippen molar-refractivity contribution >= 4 is 12.3 Å². The zero-order chi connectivity index (χ0) is 13.7. The van der Waals surface area contributed by atoms with Crippen LogP contribution in [0.2, 0.25) is 0 Å². The van der Waals surface area contributed by atoms with Gasteiger partial charge in [0.2, 0.25) is 13.1 Å². The largest absolute Gasteiger partial charge is 0.477 e. The highest BCUT2D eigenvalue weighted by Crippen LogP contribution is 2.15. The van der Waals surface area contributed by atoms with Crippen molar-refractivity contribution in [2.24, 2.45) is 0 Å². The van der Waals surface area contributed by atoms with Gasteiger partial charge in [0.1, 0.15) is 0 Å². The Morgan fingerprint density at radius 2 is 1.47 bits per heavy atom. The van der Waals surface area contributed by atoms with Crippen LogP contribution in [0.15, 0.2) is 49.1 Å². The van der Waals surface area contributed by atoms with Crippen molar-refractivity contribution in [1.29, 1.82) is 0 Å². The quantitative estimate of drug-likeness (QED) is 0.616. The highest BCUT2D eigenvalue weighted by Gasteiger charge is 2.08. The number of carbonyl (C=O) groups is 2. The number of hydrogen-bond acceptors (Lipinski definition) is 2. The number of carboxylic acids is 1. The van der Waals surface area contributed by atoms with Gasteiger partial charge in [-0.2, -0.15) is 9.13 Å². The second kappa shape index (κ2) is 5.86. The van der Waals surface area contributed by atoms with Gasteiger partial charge in [-0.1, -0.05) is 0 Å². The number of carboxylic acid groups (broad SMARTS) is 1. The van der Waals surface area contributed by atoms with Gasteiger partial charge >= 0.3 is 5.97 Å². The number of carbonyl (C=O) groups excluding carboxylic acids is 1. The molecule has 0 atom stereocenters. The number of aldehydes is 1. The van der Waals surface area contributed by atoms with Gasteiger partial charge in [-0.3, -0.25) is 4.79 Å². The fraction of sp³-hybridized carbons (Fsp3) is 0.143. The molecule has 0 saturated heterocycles. The third-order valence-electron chi connectivity index (χ3n) is 2.72. The average Bonchev–Trinajstić information content (AvgIpc) is 2.40. The minimum Gasteiger partial charge on any atom is -0.477 e. The summed E-state index contributed by atoms with van der Waals surface area (Å²) in [4.78, 5) is 21.0. The van der Waals surface area contributed by atoms with E-state index in [9.17, 15) is 9.59 Å². The normalized spacial score (nSPS) is 10.1. The van der Waals surface area contributed by atoms with Crippen LogP contribution in [-0.2, 0) is 22.7 Å². The molecule has 2 aromatic rings. The smallest absolute Gasteiger partial charge is 0.370 e. The van der Waals surface area contributed by atoms with Crippen LogP contribution in [0.1, 0.15) is 0 Å². The Kier molecular flexibility index (Phi) is 3.97. The molecule has 0 unspecified atom stereocenters. The second-order valence-corrected chi connectivity index (χ2v) is 4.10. The molecule has 96 valence electrons. The first kappa shape index (κ1) is 12.9. The first-order valence-electron chi connectivity index (χ1n) is 5.83. The maximum atomic E-state index is 10.6. The van der Waals surface area contributed by atoms with E-state index >= 15 is 0 Å². The maximum absolute atomic E-state index is 10.6. The lowest BCUT2D eigenvalue weighted by Crippen LogP contribution is -2.36. The van der Waals surface area contributed by atoms with Crippen LogP contribution in [0.3, 0.4) is 0 Å². The summed E-state index contributed by atoms with van der Waals surface area (Å²) in [6.07, 6.45) is 7.98. The van der Waals surface area contributed by atoms with E-state index in [2.05, 4.69) is 0 Å². The predicted molar refractivity (Wildman–Crippen MR) is 66.0 cm³/mol.